The summed E-state index contributed by atoms with van der Waals surface area (Å²) in [4.78, 5) is 41.9. The van der Waals surface area contributed by atoms with Crippen LogP contribution >= 0.6 is 11.8 Å². The molecule has 1 N–H and O–H groups in total. The van der Waals surface area contributed by atoms with Crippen LogP contribution in [0, 0.1) is 22.9 Å². The number of nitro benzene ring substituents is 1. The molecule has 0 aliphatic carbocycles. The number of hydrogen-bond acceptors (Lipinski definition) is 6. The SMILES string of the molecule is Cc1cc([N+](=O)[O-])ccc1NC(=O)CSC1=N/C(=C\c2ccccc2)C(=O)N1c1ccc(F)cc1. The Kier molecular flexibility index (Phi) is 7.02. The normalized spacial score (nSPS) is 14.2. The quantitative estimate of drug-likeness (QED) is 0.292. The average Bonchev–Trinajstić information content (AvgIpc) is 3.15. The van der Waals surface area contributed by atoms with Crippen LogP contribution in [-0.4, -0.2) is 27.7 Å². The van der Waals surface area contributed by atoms with Gasteiger partial charge in [0, 0.05) is 17.8 Å². The smallest absolute Gasteiger partial charge is 0.283 e. The highest BCUT2D eigenvalue weighted by Crippen LogP contribution is 2.30. The van der Waals surface area contributed by atoms with Crippen molar-refractivity contribution in [3.05, 3.63) is 106 Å². The van der Waals surface area contributed by atoms with Crippen LogP contribution < -0.4 is 10.2 Å². The highest BCUT2D eigenvalue weighted by molar-refractivity contribution is 8.14. The predicted molar refractivity (Wildman–Crippen MR) is 135 cm³/mol. The van der Waals surface area contributed by atoms with E-state index in [-0.39, 0.29) is 28.2 Å². The molecule has 176 valence electrons. The number of thioether (sulfide) groups is 1. The van der Waals surface area contributed by atoms with Gasteiger partial charge in [0.2, 0.25) is 5.91 Å². The minimum atomic E-state index is -0.506. The summed E-state index contributed by atoms with van der Waals surface area (Å²) in [7, 11) is 0. The van der Waals surface area contributed by atoms with Gasteiger partial charge in [-0.25, -0.2) is 9.38 Å². The van der Waals surface area contributed by atoms with E-state index in [1.54, 1.807) is 13.0 Å². The first-order valence-corrected chi connectivity index (χ1v) is 11.4. The van der Waals surface area contributed by atoms with E-state index in [1.165, 1.54) is 47.4 Å². The zero-order valence-electron chi connectivity index (χ0n) is 18.5. The maximum atomic E-state index is 13.5. The van der Waals surface area contributed by atoms with Crippen molar-refractivity contribution in [2.75, 3.05) is 16.0 Å². The lowest BCUT2D eigenvalue weighted by atomic mass is 10.2. The van der Waals surface area contributed by atoms with E-state index in [2.05, 4.69) is 10.3 Å². The number of nitrogens with one attached hydrogen (secondary N) is 1. The van der Waals surface area contributed by atoms with Crippen molar-refractivity contribution in [3.8, 4) is 0 Å². The molecule has 3 aromatic carbocycles. The molecule has 2 amide bonds. The van der Waals surface area contributed by atoms with Crippen LogP contribution in [0.15, 0.2) is 83.5 Å². The molecule has 0 bridgehead atoms. The largest absolute Gasteiger partial charge is 0.325 e. The van der Waals surface area contributed by atoms with Gasteiger partial charge in [0.05, 0.1) is 16.4 Å². The summed E-state index contributed by atoms with van der Waals surface area (Å²) in [6, 6.07) is 18.8. The standard InChI is InChI=1S/C25H19FN4O4S/c1-16-13-20(30(33)34)11-12-21(16)27-23(31)15-35-25-28-22(14-17-5-3-2-4-6-17)24(32)29(25)19-9-7-18(26)8-10-19/h2-14H,15H2,1H3,(H,27,31)/b22-14-. The molecule has 1 aliphatic rings. The summed E-state index contributed by atoms with van der Waals surface area (Å²) in [6.45, 7) is 1.66. The number of amides is 2. The van der Waals surface area contributed by atoms with Crippen molar-refractivity contribution in [1.82, 2.24) is 0 Å². The molecule has 0 saturated heterocycles. The molecule has 1 aliphatic heterocycles. The van der Waals surface area contributed by atoms with Crippen LogP contribution in [0.25, 0.3) is 6.08 Å². The Morgan fingerprint density at radius 2 is 1.86 bits per heavy atom. The minimum absolute atomic E-state index is 0.0682. The molecule has 0 atom stereocenters. The molecule has 0 radical (unpaired) electrons. The Balaban J connectivity index is 1.54. The van der Waals surface area contributed by atoms with Crippen LogP contribution in [0.2, 0.25) is 0 Å². The number of nitrogens with zero attached hydrogens (tertiary/aromatic N) is 3. The van der Waals surface area contributed by atoms with Crippen LogP contribution in [-0.2, 0) is 9.59 Å². The molecule has 0 fully saturated rings. The fourth-order valence-electron chi connectivity index (χ4n) is 3.34. The highest BCUT2D eigenvalue weighted by Gasteiger charge is 2.32. The maximum absolute atomic E-state index is 13.5. The van der Waals surface area contributed by atoms with Crippen LogP contribution in [0.5, 0.6) is 0 Å². The van der Waals surface area contributed by atoms with Gasteiger partial charge in [-0.2, -0.15) is 0 Å². The number of halogens is 1. The monoisotopic (exact) mass is 490 g/mol. The number of nitro groups is 1. The van der Waals surface area contributed by atoms with Crippen molar-refractivity contribution in [1.29, 1.82) is 0 Å². The molecular weight excluding hydrogens is 471 g/mol. The van der Waals surface area contributed by atoms with Crippen LogP contribution in [0.4, 0.5) is 21.5 Å². The van der Waals surface area contributed by atoms with E-state index in [0.29, 0.717) is 16.9 Å². The zero-order valence-corrected chi connectivity index (χ0v) is 19.3. The first kappa shape index (κ1) is 23.8. The number of benzene rings is 3. The molecule has 0 aromatic heterocycles. The van der Waals surface area contributed by atoms with E-state index in [1.807, 2.05) is 30.3 Å². The molecule has 0 unspecified atom stereocenters. The molecule has 1 heterocycles. The van der Waals surface area contributed by atoms with E-state index in [0.717, 1.165) is 17.3 Å². The van der Waals surface area contributed by atoms with E-state index in [9.17, 15) is 24.1 Å². The number of aryl methyl sites for hydroxylation is 1. The zero-order chi connectivity index (χ0) is 24.9. The number of aliphatic imine (C=N–C) groups is 1. The van der Waals surface area contributed by atoms with Crippen molar-refractivity contribution in [2.24, 2.45) is 4.99 Å². The Hall–Kier alpha value is -4.31. The number of hydrogen-bond donors (Lipinski definition) is 1. The molecule has 8 nitrogen and oxygen atoms in total. The van der Waals surface area contributed by atoms with Crippen molar-refractivity contribution in [3.63, 3.8) is 0 Å². The second kappa shape index (κ2) is 10.3. The Morgan fingerprint density at radius 1 is 1.14 bits per heavy atom. The van der Waals surface area contributed by atoms with Crippen LogP contribution in [0.1, 0.15) is 11.1 Å². The summed E-state index contributed by atoms with van der Waals surface area (Å²) >= 11 is 1.05. The van der Waals surface area contributed by atoms with Gasteiger partial charge >= 0.3 is 0 Å². The van der Waals surface area contributed by atoms with Crippen molar-refractivity contribution < 1.29 is 18.9 Å². The predicted octanol–water partition coefficient (Wildman–Crippen LogP) is 5.16. The minimum Gasteiger partial charge on any atom is -0.325 e. The molecule has 10 heteroatoms. The van der Waals surface area contributed by atoms with Gasteiger partial charge in [0.15, 0.2) is 5.17 Å². The summed E-state index contributed by atoms with van der Waals surface area (Å²) in [5.74, 6) is -1.28. The fourth-order valence-corrected chi connectivity index (χ4v) is 4.15. The Morgan fingerprint density at radius 3 is 2.51 bits per heavy atom. The first-order valence-electron chi connectivity index (χ1n) is 10.4. The van der Waals surface area contributed by atoms with Gasteiger partial charge in [-0.15, -0.1) is 0 Å². The maximum Gasteiger partial charge on any atom is 0.283 e. The average molecular weight is 491 g/mol. The third-order valence-electron chi connectivity index (χ3n) is 5.04. The lowest BCUT2D eigenvalue weighted by molar-refractivity contribution is -0.384. The molecule has 3 aromatic rings. The highest BCUT2D eigenvalue weighted by atomic mass is 32.2. The summed E-state index contributed by atoms with van der Waals surface area (Å²) in [5, 5.41) is 13.9. The van der Waals surface area contributed by atoms with Gasteiger partial charge < -0.3 is 5.32 Å². The lowest BCUT2D eigenvalue weighted by Gasteiger charge is -2.17. The number of carbonyl (C=O) groups excluding carboxylic acids is 2. The molecule has 4 rings (SSSR count). The number of anilines is 2. The lowest BCUT2D eigenvalue weighted by Crippen LogP contribution is -2.31. The number of carbonyl (C=O) groups is 2. The molecule has 0 saturated carbocycles. The Labute approximate surface area is 204 Å². The van der Waals surface area contributed by atoms with Crippen molar-refractivity contribution in [2.45, 2.75) is 6.92 Å². The van der Waals surface area contributed by atoms with E-state index < -0.39 is 16.6 Å². The summed E-state index contributed by atoms with van der Waals surface area (Å²) in [6.07, 6.45) is 1.65. The second-order valence-electron chi connectivity index (χ2n) is 7.54. The third-order valence-corrected chi connectivity index (χ3v) is 5.98. The van der Waals surface area contributed by atoms with Crippen molar-refractivity contribution >= 4 is 51.9 Å². The summed E-state index contributed by atoms with van der Waals surface area (Å²) < 4.78 is 13.5. The Bertz CT molecular complexity index is 1360. The number of non-ortho nitro benzene ring substituents is 1. The molecule has 35 heavy (non-hydrogen) atoms. The van der Waals surface area contributed by atoms with Crippen LogP contribution in [0.3, 0.4) is 0 Å². The number of amidine groups is 1. The second-order valence-corrected chi connectivity index (χ2v) is 8.49. The summed E-state index contributed by atoms with van der Waals surface area (Å²) in [5.41, 5.74) is 2.33. The number of rotatable bonds is 6. The van der Waals surface area contributed by atoms with E-state index in [4.69, 9.17) is 0 Å². The molecular formula is C25H19FN4O4S. The topological polar surface area (TPSA) is 105 Å². The van der Waals surface area contributed by atoms with Gasteiger partial charge in [0.25, 0.3) is 11.6 Å². The first-order chi connectivity index (χ1) is 16.8. The fraction of sp³-hybridized carbons (Fsp3) is 0.0800. The van der Waals surface area contributed by atoms with Gasteiger partial charge in [-0.05, 0) is 54.5 Å². The van der Waals surface area contributed by atoms with Gasteiger partial charge in [-0.1, -0.05) is 42.1 Å². The van der Waals surface area contributed by atoms with E-state index >= 15 is 0 Å². The van der Waals surface area contributed by atoms with Gasteiger partial charge in [0.1, 0.15) is 11.5 Å². The molecule has 0 spiro atoms. The third kappa shape index (κ3) is 5.61. The van der Waals surface area contributed by atoms with Gasteiger partial charge in [-0.3, -0.25) is 24.6 Å².